The average molecular weight is 297 g/mol. The molecule has 0 aromatic heterocycles. The maximum atomic E-state index is 12.3. The van der Waals surface area contributed by atoms with E-state index in [1.54, 1.807) is 0 Å². The predicted molar refractivity (Wildman–Crippen MR) is 89.1 cm³/mol. The molecule has 4 nitrogen and oxygen atoms in total. The third-order valence-electron chi connectivity index (χ3n) is 5.36. The maximum absolute atomic E-state index is 12.3. The summed E-state index contributed by atoms with van der Waals surface area (Å²) in [4.78, 5) is 14.6. The van der Waals surface area contributed by atoms with E-state index in [1.165, 1.54) is 12.8 Å². The zero-order chi connectivity index (χ0) is 16.0. The summed E-state index contributed by atoms with van der Waals surface area (Å²) in [7, 11) is 0. The van der Waals surface area contributed by atoms with Gasteiger partial charge in [0.1, 0.15) is 0 Å². The highest BCUT2D eigenvalue weighted by Crippen LogP contribution is 2.35. The van der Waals surface area contributed by atoms with Gasteiger partial charge in [-0.3, -0.25) is 9.69 Å². The standard InChI is InChI=1S/C17H35N3O/c1-6-20(11-16(21)19-15(5)13(2)3)17(12-18)9-7-14(4)8-10-17/h13-15H,6-12,18H2,1-5H3,(H,19,21). The van der Waals surface area contributed by atoms with Gasteiger partial charge in [-0.2, -0.15) is 0 Å². The van der Waals surface area contributed by atoms with Gasteiger partial charge in [0.2, 0.25) is 5.91 Å². The lowest BCUT2D eigenvalue weighted by Gasteiger charge is -2.46. The SMILES string of the molecule is CCN(CC(=O)NC(C)C(C)C)C1(CN)CCC(C)CC1. The molecule has 1 unspecified atom stereocenters. The van der Waals surface area contributed by atoms with Gasteiger partial charge in [-0.15, -0.1) is 0 Å². The van der Waals surface area contributed by atoms with Crippen LogP contribution in [0, 0.1) is 11.8 Å². The molecule has 4 heteroatoms. The summed E-state index contributed by atoms with van der Waals surface area (Å²) in [6.07, 6.45) is 4.67. The number of likely N-dealkylation sites (N-methyl/N-ethyl adjacent to an activating group) is 1. The van der Waals surface area contributed by atoms with E-state index in [0.29, 0.717) is 19.0 Å². The fourth-order valence-electron chi connectivity index (χ4n) is 3.20. The lowest BCUT2D eigenvalue weighted by atomic mass is 9.76. The molecule has 21 heavy (non-hydrogen) atoms. The minimum absolute atomic E-state index is 0.0274. The van der Waals surface area contributed by atoms with Gasteiger partial charge in [0.15, 0.2) is 0 Å². The van der Waals surface area contributed by atoms with Crippen LogP contribution >= 0.6 is 0 Å². The molecule has 0 radical (unpaired) electrons. The second-order valence-electron chi connectivity index (χ2n) is 7.23. The van der Waals surface area contributed by atoms with E-state index in [9.17, 15) is 4.79 Å². The number of nitrogens with two attached hydrogens (primary N) is 1. The minimum Gasteiger partial charge on any atom is -0.352 e. The van der Waals surface area contributed by atoms with Crippen LogP contribution in [-0.2, 0) is 4.79 Å². The first kappa shape index (κ1) is 18.4. The minimum atomic E-state index is 0.0274. The van der Waals surface area contributed by atoms with Crippen molar-refractivity contribution in [3.05, 3.63) is 0 Å². The lowest BCUT2D eigenvalue weighted by Crippen LogP contribution is -2.58. The van der Waals surface area contributed by atoms with Gasteiger partial charge < -0.3 is 11.1 Å². The number of carbonyl (C=O) groups is 1. The summed E-state index contributed by atoms with van der Waals surface area (Å²) >= 11 is 0. The summed E-state index contributed by atoms with van der Waals surface area (Å²) in [6.45, 7) is 12.8. The van der Waals surface area contributed by atoms with E-state index in [-0.39, 0.29) is 17.5 Å². The highest BCUT2D eigenvalue weighted by atomic mass is 16.2. The molecule has 3 N–H and O–H groups in total. The van der Waals surface area contributed by atoms with Gasteiger partial charge in [-0.1, -0.05) is 27.7 Å². The molecular formula is C17H35N3O. The molecule has 1 fully saturated rings. The van der Waals surface area contributed by atoms with Gasteiger partial charge in [-0.25, -0.2) is 0 Å². The molecule has 0 aliphatic heterocycles. The van der Waals surface area contributed by atoms with Gasteiger partial charge in [0, 0.05) is 18.1 Å². The van der Waals surface area contributed by atoms with Crippen molar-refractivity contribution in [2.45, 2.75) is 71.9 Å². The first-order valence-electron chi connectivity index (χ1n) is 8.59. The van der Waals surface area contributed by atoms with Crippen LogP contribution < -0.4 is 11.1 Å². The van der Waals surface area contributed by atoms with Crippen LogP contribution in [0.1, 0.15) is 60.3 Å². The number of carbonyl (C=O) groups excluding carboxylic acids is 1. The summed E-state index contributed by atoms with van der Waals surface area (Å²) in [5, 5.41) is 3.11. The molecule has 124 valence electrons. The Balaban J connectivity index is 2.66. The Morgan fingerprint density at radius 3 is 2.33 bits per heavy atom. The molecule has 1 aliphatic carbocycles. The van der Waals surface area contributed by atoms with E-state index in [2.05, 4.69) is 44.8 Å². The Morgan fingerprint density at radius 1 is 1.33 bits per heavy atom. The zero-order valence-corrected chi connectivity index (χ0v) is 14.6. The first-order valence-corrected chi connectivity index (χ1v) is 8.59. The molecule has 1 aliphatic rings. The smallest absolute Gasteiger partial charge is 0.234 e. The van der Waals surface area contributed by atoms with Crippen LogP contribution in [0.5, 0.6) is 0 Å². The van der Waals surface area contributed by atoms with Crippen LogP contribution in [0.25, 0.3) is 0 Å². The first-order chi connectivity index (χ1) is 9.84. The summed E-state index contributed by atoms with van der Waals surface area (Å²) in [5.74, 6) is 1.38. The van der Waals surface area contributed by atoms with Crippen molar-refractivity contribution in [2.75, 3.05) is 19.6 Å². The maximum Gasteiger partial charge on any atom is 0.234 e. The van der Waals surface area contributed by atoms with E-state index < -0.39 is 0 Å². The predicted octanol–water partition coefficient (Wildman–Crippen LogP) is 2.38. The Bertz CT molecular complexity index is 322. The lowest BCUT2D eigenvalue weighted by molar-refractivity contribution is -0.125. The topological polar surface area (TPSA) is 58.4 Å². The molecule has 1 saturated carbocycles. The normalized spacial score (nSPS) is 27.9. The average Bonchev–Trinajstić information content (AvgIpc) is 2.46. The Hall–Kier alpha value is -0.610. The summed E-state index contributed by atoms with van der Waals surface area (Å²) in [6, 6.07) is 0.219. The van der Waals surface area contributed by atoms with Crippen molar-refractivity contribution in [2.24, 2.45) is 17.6 Å². The van der Waals surface area contributed by atoms with E-state index in [4.69, 9.17) is 5.73 Å². The van der Waals surface area contributed by atoms with Crippen molar-refractivity contribution in [1.29, 1.82) is 0 Å². The number of hydrogen-bond acceptors (Lipinski definition) is 3. The number of amides is 1. The zero-order valence-electron chi connectivity index (χ0n) is 14.6. The quantitative estimate of drug-likeness (QED) is 0.758. The largest absolute Gasteiger partial charge is 0.352 e. The highest BCUT2D eigenvalue weighted by molar-refractivity contribution is 5.78. The van der Waals surface area contributed by atoms with E-state index >= 15 is 0 Å². The number of nitrogens with zero attached hydrogens (tertiary/aromatic N) is 1. The Morgan fingerprint density at radius 2 is 1.90 bits per heavy atom. The van der Waals surface area contributed by atoms with Gasteiger partial charge in [0.25, 0.3) is 0 Å². The Labute approximate surface area is 130 Å². The van der Waals surface area contributed by atoms with E-state index in [0.717, 1.165) is 25.3 Å². The fraction of sp³-hybridized carbons (Fsp3) is 0.941. The van der Waals surface area contributed by atoms with Crippen molar-refractivity contribution in [3.63, 3.8) is 0 Å². The third kappa shape index (κ3) is 4.96. The third-order valence-corrected chi connectivity index (χ3v) is 5.36. The van der Waals surface area contributed by atoms with Crippen molar-refractivity contribution < 1.29 is 4.79 Å². The molecule has 0 bridgehead atoms. The van der Waals surface area contributed by atoms with Crippen molar-refractivity contribution >= 4 is 5.91 Å². The molecule has 0 aromatic rings. The number of rotatable bonds is 7. The Kier molecular flexibility index (Phi) is 7.14. The molecule has 0 heterocycles. The van der Waals surface area contributed by atoms with E-state index in [1.807, 2.05) is 0 Å². The van der Waals surface area contributed by atoms with Crippen LogP contribution in [0.2, 0.25) is 0 Å². The molecule has 0 spiro atoms. The van der Waals surface area contributed by atoms with Crippen LogP contribution in [0.3, 0.4) is 0 Å². The molecule has 0 aromatic carbocycles. The van der Waals surface area contributed by atoms with Crippen molar-refractivity contribution in [1.82, 2.24) is 10.2 Å². The summed E-state index contributed by atoms with van der Waals surface area (Å²) < 4.78 is 0. The van der Waals surface area contributed by atoms with Crippen LogP contribution in [-0.4, -0.2) is 42.0 Å². The van der Waals surface area contributed by atoms with Crippen LogP contribution in [0.15, 0.2) is 0 Å². The number of nitrogens with one attached hydrogen (secondary N) is 1. The molecule has 1 amide bonds. The van der Waals surface area contributed by atoms with Gasteiger partial charge >= 0.3 is 0 Å². The monoisotopic (exact) mass is 297 g/mol. The fourth-order valence-corrected chi connectivity index (χ4v) is 3.20. The van der Waals surface area contributed by atoms with Crippen molar-refractivity contribution in [3.8, 4) is 0 Å². The molecule has 1 rings (SSSR count). The molecular weight excluding hydrogens is 262 g/mol. The second kappa shape index (κ2) is 8.14. The van der Waals surface area contributed by atoms with Crippen LogP contribution in [0.4, 0.5) is 0 Å². The van der Waals surface area contributed by atoms with Gasteiger partial charge in [-0.05, 0) is 51.0 Å². The molecule has 1 atom stereocenters. The summed E-state index contributed by atoms with van der Waals surface area (Å²) in [5.41, 5.74) is 6.14. The second-order valence-corrected chi connectivity index (χ2v) is 7.23. The van der Waals surface area contributed by atoms with Gasteiger partial charge in [0.05, 0.1) is 6.54 Å². The number of hydrogen-bond donors (Lipinski definition) is 2. The highest BCUT2D eigenvalue weighted by Gasteiger charge is 2.38. The molecule has 0 saturated heterocycles.